The Balaban J connectivity index is 2.14. The predicted octanol–water partition coefficient (Wildman–Crippen LogP) is -0.176. The Morgan fingerprint density at radius 2 is 2.36 bits per heavy atom. The monoisotopic (exact) mass is 215 g/mol. The molecule has 2 rings (SSSR count). The van der Waals surface area contributed by atoms with Crippen LogP contribution in [0.25, 0.3) is 0 Å². The summed E-state index contributed by atoms with van der Waals surface area (Å²) in [5.41, 5.74) is 0. The number of rotatable bonds is 2. The maximum absolute atomic E-state index is 11.4. The predicted molar refractivity (Wildman–Crippen MR) is 49.1 cm³/mol. The summed E-state index contributed by atoms with van der Waals surface area (Å²) >= 11 is 1.12. The van der Waals surface area contributed by atoms with E-state index in [9.17, 15) is 14.7 Å². The van der Waals surface area contributed by atoms with Crippen LogP contribution in [0.1, 0.15) is 6.92 Å². The largest absolute Gasteiger partial charge is 0.477 e. The molecule has 0 radical (unpaired) electrons. The first-order valence-electron chi connectivity index (χ1n) is 4.14. The quantitative estimate of drug-likeness (QED) is 0.625. The van der Waals surface area contributed by atoms with Crippen molar-refractivity contribution in [1.29, 1.82) is 0 Å². The Labute approximate surface area is 84.4 Å². The molecule has 2 aliphatic heterocycles. The molecule has 0 bridgehead atoms. The minimum Gasteiger partial charge on any atom is -0.477 e. The molecule has 5 nitrogen and oxygen atoms in total. The number of hydrogen-bond acceptors (Lipinski definition) is 4. The van der Waals surface area contributed by atoms with Crippen LogP contribution in [0.2, 0.25) is 0 Å². The number of aliphatic carboxylic acids is 1. The van der Waals surface area contributed by atoms with E-state index in [1.807, 2.05) is 0 Å². The zero-order valence-corrected chi connectivity index (χ0v) is 8.19. The van der Waals surface area contributed by atoms with E-state index in [0.29, 0.717) is 0 Å². The van der Waals surface area contributed by atoms with Crippen molar-refractivity contribution in [2.24, 2.45) is 5.92 Å². The maximum Gasteiger partial charge on any atom is 0.343 e. The standard InChI is InChI=1S/C8H9NO4S/c1-3(10)5-6(11)9-2-4(8(12)13)14-7(5)9/h2-3,5,7,10H,1H3,(H,12,13)/t3?,5?,7-/m1/s1. The molecule has 2 unspecified atom stereocenters. The molecule has 0 aliphatic carbocycles. The molecule has 1 saturated heterocycles. The number of amides is 1. The zero-order chi connectivity index (χ0) is 10.5. The second-order valence-electron chi connectivity index (χ2n) is 3.32. The number of carboxylic acid groups (broad SMARTS) is 1. The summed E-state index contributed by atoms with van der Waals surface area (Å²) in [5.74, 6) is -1.69. The number of hydrogen-bond donors (Lipinski definition) is 2. The van der Waals surface area contributed by atoms with Gasteiger partial charge in [0.25, 0.3) is 0 Å². The van der Waals surface area contributed by atoms with Crippen LogP contribution in [0.15, 0.2) is 11.1 Å². The molecule has 0 aromatic carbocycles. The molecule has 14 heavy (non-hydrogen) atoms. The highest BCUT2D eigenvalue weighted by Gasteiger charge is 2.53. The van der Waals surface area contributed by atoms with Gasteiger partial charge in [-0.15, -0.1) is 0 Å². The van der Waals surface area contributed by atoms with Gasteiger partial charge in [-0.05, 0) is 6.92 Å². The first kappa shape index (κ1) is 9.54. The fraction of sp³-hybridized carbons (Fsp3) is 0.500. The number of carbonyl (C=O) groups is 2. The Hall–Kier alpha value is -1.01. The van der Waals surface area contributed by atoms with Gasteiger partial charge in [-0.1, -0.05) is 11.8 Å². The molecular weight excluding hydrogens is 206 g/mol. The van der Waals surface area contributed by atoms with Gasteiger partial charge in [0.1, 0.15) is 10.3 Å². The van der Waals surface area contributed by atoms with Gasteiger partial charge in [0.05, 0.1) is 12.0 Å². The molecule has 1 amide bonds. The highest BCUT2D eigenvalue weighted by Crippen LogP contribution is 2.46. The first-order chi connectivity index (χ1) is 6.52. The number of carbonyl (C=O) groups excluding carboxylic acids is 1. The van der Waals surface area contributed by atoms with Crippen LogP contribution in [0.4, 0.5) is 0 Å². The van der Waals surface area contributed by atoms with E-state index in [0.717, 1.165) is 11.8 Å². The van der Waals surface area contributed by atoms with E-state index >= 15 is 0 Å². The third-order valence-electron chi connectivity index (χ3n) is 2.36. The van der Waals surface area contributed by atoms with Crippen LogP contribution in [0.3, 0.4) is 0 Å². The van der Waals surface area contributed by atoms with Crippen molar-refractivity contribution in [2.45, 2.75) is 18.4 Å². The van der Waals surface area contributed by atoms with Crippen LogP contribution in [-0.2, 0) is 9.59 Å². The van der Waals surface area contributed by atoms with Gasteiger partial charge in [0.2, 0.25) is 5.91 Å². The molecule has 3 atom stereocenters. The summed E-state index contributed by atoms with van der Waals surface area (Å²) in [6.45, 7) is 1.54. The highest BCUT2D eigenvalue weighted by atomic mass is 32.2. The molecule has 76 valence electrons. The normalized spacial score (nSPS) is 32.0. The number of thioether (sulfide) groups is 1. The molecule has 0 aromatic rings. The molecule has 2 heterocycles. The highest BCUT2D eigenvalue weighted by molar-refractivity contribution is 8.04. The third-order valence-corrected chi connectivity index (χ3v) is 3.65. The van der Waals surface area contributed by atoms with E-state index in [-0.39, 0.29) is 16.2 Å². The summed E-state index contributed by atoms with van der Waals surface area (Å²) in [7, 11) is 0. The summed E-state index contributed by atoms with van der Waals surface area (Å²) in [4.78, 5) is 23.5. The second kappa shape index (κ2) is 2.99. The number of aliphatic hydroxyl groups is 1. The summed E-state index contributed by atoms with van der Waals surface area (Å²) in [6, 6.07) is 0. The zero-order valence-electron chi connectivity index (χ0n) is 7.38. The van der Waals surface area contributed by atoms with E-state index in [1.165, 1.54) is 11.1 Å². The van der Waals surface area contributed by atoms with E-state index < -0.39 is 18.0 Å². The Morgan fingerprint density at radius 3 is 2.86 bits per heavy atom. The lowest BCUT2D eigenvalue weighted by Crippen LogP contribution is -2.58. The van der Waals surface area contributed by atoms with Crippen molar-refractivity contribution < 1.29 is 19.8 Å². The topological polar surface area (TPSA) is 77.8 Å². The number of β-lactam (4-membered cyclic amide) rings is 1. The minimum atomic E-state index is -1.03. The lowest BCUT2D eigenvalue weighted by molar-refractivity contribution is -0.151. The van der Waals surface area contributed by atoms with Crippen molar-refractivity contribution in [3.05, 3.63) is 11.1 Å². The number of fused-ring (bicyclic) bond motifs is 1. The summed E-state index contributed by atoms with van der Waals surface area (Å²) in [6.07, 6.45) is 0.608. The van der Waals surface area contributed by atoms with Crippen LogP contribution in [0.5, 0.6) is 0 Å². The number of carboxylic acids is 1. The smallest absolute Gasteiger partial charge is 0.343 e. The van der Waals surface area contributed by atoms with Gasteiger partial charge in [0.15, 0.2) is 0 Å². The fourth-order valence-electron chi connectivity index (χ4n) is 1.61. The van der Waals surface area contributed by atoms with E-state index in [2.05, 4.69) is 0 Å². The van der Waals surface area contributed by atoms with Gasteiger partial charge in [-0.2, -0.15) is 0 Å². The number of nitrogens with zero attached hydrogens (tertiary/aromatic N) is 1. The molecular formula is C8H9NO4S. The van der Waals surface area contributed by atoms with Crippen molar-refractivity contribution in [3.8, 4) is 0 Å². The first-order valence-corrected chi connectivity index (χ1v) is 5.02. The van der Waals surface area contributed by atoms with Crippen molar-refractivity contribution in [3.63, 3.8) is 0 Å². The third kappa shape index (κ3) is 1.14. The van der Waals surface area contributed by atoms with Crippen molar-refractivity contribution in [2.75, 3.05) is 0 Å². The van der Waals surface area contributed by atoms with Crippen molar-refractivity contribution >= 4 is 23.6 Å². The summed E-state index contributed by atoms with van der Waals surface area (Å²) < 4.78 is 0. The molecule has 0 aromatic heterocycles. The van der Waals surface area contributed by atoms with Crippen LogP contribution in [0, 0.1) is 5.92 Å². The fourth-order valence-corrected chi connectivity index (χ4v) is 2.92. The van der Waals surface area contributed by atoms with Crippen LogP contribution < -0.4 is 0 Å². The molecule has 2 aliphatic rings. The van der Waals surface area contributed by atoms with E-state index in [1.54, 1.807) is 6.92 Å². The molecule has 1 fully saturated rings. The van der Waals surface area contributed by atoms with Crippen LogP contribution in [-0.4, -0.2) is 38.5 Å². The molecule has 0 saturated carbocycles. The van der Waals surface area contributed by atoms with Gasteiger partial charge in [-0.25, -0.2) is 4.79 Å². The van der Waals surface area contributed by atoms with Gasteiger partial charge in [-0.3, -0.25) is 4.79 Å². The second-order valence-corrected chi connectivity index (χ2v) is 4.48. The van der Waals surface area contributed by atoms with E-state index in [4.69, 9.17) is 5.11 Å². The molecule has 2 N–H and O–H groups in total. The SMILES string of the molecule is CC(O)C1C(=O)N2C=C(C(=O)O)S[C@H]12. The van der Waals surface area contributed by atoms with Gasteiger partial charge in [0, 0.05) is 6.20 Å². The lowest BCUT2D eigenvalue weighted by Gasteiger charge is -2.42. The van der Waals surface area contributed by atoms with Crippen LogP contribution >= 0.6 is 11.8 Å². The molecule has 6 heteroatoms. The average molecular weight is 215 g/mol. The minimum absolute atomic E-state index is 0.159. The molecule has 0 spiro atoms. The van der Waals surface area contributed by atoms with Crippen molar-refractivity contribution in [1.82, 2.24) is 4.90 Å². The van der Waals surface area contributed by atoms with Gasteiger partial charge < -0.3 is 15.1 Å². The van der Waals surface area contributed by atoms with Gasteiger partial charge >= 0.3 is 5.97 Å². The Bertz CT molecular complexity index is 338. The Kier molecular flexibility index (Phi) is 2.04. The lowest BCUT2D eigenvalue weighted by atomic mass is 9.93. The summed E-state index contributed by atoms with van der Waals surface area (Å²) in [5, 5.41) is 17.8. The Morgan fingerprint density at radius 1 is 1.71 bits per heavy atom. The average Bonchev–Trinajstić information content (AvgIpc) is 2.43. The maximum atomic E-state index is 11.4. The number of aliphatic hydroxyl groups excluding tert-OH is 1.